The van der Waals surface area contributed by atoms with Gasteiger partial charge in [-0.15, -0.1) is 23.7 Å². The average Bonchev–Trinajstić information content (AvgIpc) is 2.97. The molecule has 5 heteroatoms. The van der Waals surface area contributed by atoms with Crippen LogP contribution in [-0.4, -0.2) is 29.5 Å². The fourth-order valence-electron chi connectivity index (χ4n) is 2.75. The van der Waals surface area contributed by atoms with Crippen LogP contribution in [0.3, 0.4) is 0 Å². The van der Waals surface area contributed by atoms with Crippen molar-refractivity contribution in [2.24, 2.45) is 0 Å². The predicted molar refractivity (Wildman–Crippen MR) is 96.6 cm³/mol. The highest BCUT2D eigenvalue weighted by Gasteiger charge is 2.22. The summed E-state index contributed by atoms with van der Waals surface area (Å²) >= 11 is 5.35. The van der Waals surface area contributed by atoms with Gasteiger partial charge in [0.15, 0.2) is 0 Å². The molecule has 2 aromatic rings. The lowest BCUT2D eigenvalue weighted by atomic mass is 9.97. The minimum absolute atomic E-state index is 0. The first-order valence-electron chi connectivity index (χ1n) is 7.20. The molecule has 0 N–H and O–H groups in total. The van der Waals surface area contributed by atoms with Gasteiger partial charge in [0, 0.05) is 21.3 Å². The normalized spacial score (nSPS) is 16.7. The van der Waals surface area contributed by atoms with E-state index in [1.807, 2.05) is 11.3 Å². The summed E-state index contributed by atoms with van der Waals surface area (Å²) in [5, 5.41) is 3.51. The Hall–Kier alpha value is -0.420. The topological polar surface area (TPSA) is 16.1 Å². The third kappa shape index (κ3) is 4.07. The van der Waals surface area contributed by atoms with E-state index in [0.717, 1.165) is 10.2 Å². The number of nitrogens with zero attached hydrogens (tertiary/aromatic N) is 2. The van der Waals surface area contributed by atoms with E-state index in [4.69, 9.17) is 4.98 Å². The zero-order chi connectivity index (χ0) is 13.9. The summed E-state index contributed by atoms with van der Waals surface area (Å²) in [4.78, 5) is 7.40. The van der Waals surface area contributed by atoms with Crippen LogP contribution in [0.15, 0.2) is 34.1 Å². The number of benzene rings is 1. The van der Waals surface area contributed by atoms with Crippen LogP contribution in [0.5, 0.6) is 0 Å². The van der Waals surface area contributed by atoms with Crippen LogP contribution in [0.1, 0.15) is 30.7 Å². The molecule has 1 aromatic carbocycles. The largest absolute Gasteiger partial charge is 0.304 e. The number of likely N-dealkylation sites (tertiary alicyclic amines) is 1. The molecule has 0 unspecified atom stereocenters. The summed E-state index contributed by atoms with van der Waals surface area (Å²) in [5.74, 6) is 0.656. The van der Waals surface area contributed by atoms with E-state index < -0.39 is 0 Å². The molecule has 2 nitrogen and oxygen atoms in total. The number of halogens is 2. The second-order valence-electron chi connectivity index (χ2n) is 5.29. The number of hydrogen-bond acceptors (Lipinski definition) is 3. The van der Waals surface area contributed by atoms with Crippen LogP contribution >= 0.6 is 39.7 Å². The molecule has 21 heavy (non-hydrogen) atoms. The maximum Gasteiger partial charge on any atom is 0.0964 e. The van der Waals surface area contributed by atoms with Crippen molar-refractivity contribution in [3.8, 4) is 11.3 Å². The fourth-order valence-corrected chi connectivity index (χ4v) is 4.15. The molecular formula is C16H20BrClN2S. The van der Waals surface area contributed by atoms with Crippen molar-refractivity contribution in [1.29, 1.82) is 0 Å². The molecule has 2 heterocycles. The second kappa shape index (κ2) is 7.73. The van der Waals surface area contributed by atoms with Crippen LogP contribution in [0, 0.1) is 0 Å². The summed E-state index contributed by atoms with van der Waals surface area (Å²) in [7, 11) is 0. The Morgan fingerprint density at radius 2 is 2.10 bits per heavy atom. The van der Waals surface area contributed by atoms with Gasteiger partial charge in [0.05, 0.1) is 10.7 Å². The maximum atomic E-state index is 4.88. The van der Waals surface area contributed by atoms with Gasteiger partial charge in [-0.2, -0.15) is 0 Å². The molecule has 0 spiro atoms. The molecule has 3 rings (SSSR count). The summed E-state index contributed by atoms with van der Waals surface area (Å²) in [6, 6.07) is 8.39. The van der Waals surface area contributed by atoms with Gasteiger partial charge < -0.3 is 4.90 Å². The van der Waals surface area contributed by atoms with Gasteiger partial charge in [-0.1, -0.05) is 35.0 Å². The highest BCUT2D eigenvalue weighted by molar-refractivity contribution is 9.10. The van der Waals surface area contributed by atoms with Crippen LogP contribution in [-0.2, 0) is 0 Å². The van der Waals surface area contributed by atoms with Gasteiger partial charge in [0.25, 0.3) is 0 Å². The first kappa shape index (κ1) is 16.9. The molecule has 0 bridgehead atoms. The maximum absolute atomic E-state index is 4.88. The van der Waals surface area contributed by atoms with Crippen LogP contribution in [0.2, 0.25) is 0 Å². The summed E-state index contributed by atoms with van der Waals surface area (Å²) < 4.78 is 1.11. The monoisotopic (exact) mass is 386 g/mol. The van der Waals surface area contributed by atoms with Crippen molar-refractivity contribution < 1.29 is 0 Å². The van der Waals surface area contributed by atoms with Crippen molar-refractivity contribution in [3.63, 3.8) is 0 Å². The summed E-state index contributed by atoms with van der Waals surface area (Å²) in [6.45, 7) is 5.85. The van der Waals surface area contributed by atoms with Crippen LogP contribution in [0.4, 0.5) is 0 Å². The molecule has 1 aliphatic rings. The minimum Gasteiger partial charge on any atom is -0.304 e. The summed E-state index contributed by atoms with van der Waals surface area (Å²) in [5.41, 5.74) is 2.32. The number of aromatic nitrogens is 1. The molecule has 1 aromatic heterocycles. The smallest absolute Gasteiger partial charge is 0.0964 e. The highest BCUT2D eigenvalue weighted by Crippen LogP contribution is 2.33. The third-order valence-electron chi connectivity index (χ3n) is 4.03. The molecule has 1 aliphatic heterocycles. The number of rotatable bonds is 3. The van der Waals surface area contributed by atoms with E-state index in [9.17, 15) is 0 Å². The quantitative estimate of drug-likeness (QED) is 0.720. The molecule has 0 atom stereocenters. The Morgan fingerprint density at radius 1 is 1.33 bits per heavy atom. The number of thiazole rings is 1. The minimum atomic E-state index is 0. The Bertz CT molecular complexity index is 579. The first-order chi connectivity index (χ1) is 9.76. The Balaban J connectivity index is 0.00000161. The highest BCUT2D eigenvalue weighted by atomic mass is 79.9. The number of piperidine rings is 1. The molecule has 0 saturated carbocycles. The van der Waals surface area contributed by atoms with Crippen molar-refractivity contribution in [2.45, 2.75) is 25.7 Å². The van der Waals surface area contributed by atoms with Gasteiger partial charge in [-0.05, 0) is 44.6 Å². The van der Waals surface area contributed by atoms with Gasteiger partial charge in [-0.3, -0.25) is 0 Å². The standard InChI is InChI=1S/C16H19BrN2S.ClH/c1-2-19-8-6-12(7-9-19)16-18-15(11-20-16)13-4-3-5-14(17)10-13;/h3-5,10-12H,2,6-9H2,1H3;1H. The fraction of sp³-hybridized carbons (Fsp3) is 0.438. The van der Waals surface area contributed by atoms with Crippen molar-refractivity contribution >= 4 is 39.7 Å². The van der Waals surface area contributed by atoms with Gasteiger partial charge >= 0.3 is 0 Å². The average molecular weight is 388 g/mol. The third-order valence-corrected chi connectivity index (χ3v) is 5.53. The number of hydrogen-bond donors (Lipinski definition) is 0. The SMILES string of the molecule is CCN1CCC(c2nc(-c3cccc(Br)c3)cs2)CC1.Cl. The Labute approximate surface area is 145 Å². The van der Waals surface area contributed by atoms with E-state index in [1.54, 1.807) is 0 Å². The van der Waals surface area contributed by atoms with Crippen molar-refractivity contribution in [3.05, 3.63) is 39.1 Å². The van der Waals surface area contributed by atoms with Crippen molar-refractivity contribution in [1.82, 2.24) is 9.88 Å². The van der Waals surface area contributed by atoms with E-state index in [2.05, 4.69) is 57.4 Å². The molecule has 0 radical (unpaired) electrons. The van der Waals surface area contributed by atoms with Gasteiger partial charge in [0.2, 0.25) is 0 Å². The Kier molecular flexibility index (Phi) is 6.23. The van der Waals surface area contributed by atoms with E-state index in [-0.39, 0.29) is 12.4 Å². The lowest BCUT2D eigenvalue weighted by molar-refractivity contribution is 0.222. The van der Waals surface area contributed by atoms with Gasteiger partial charge in [0.1, 0.15) is 0 Å². The lowest BCUT2D eigenvalue weighted by Gasteiger charge is -2.29. The second-order valence-corrected chi connectivity index (χ2v) is 7.10. The van der Waals surface area contributed by atoms with Gasteiger partial charge in [-0.25, -0.2) is 4.98 Å². The molecule has 114 valence electrons. The first-order valence-corrected chi connectivity index (χ1v) is 8.87. The zero-order valence-electron chi connectivity index (χ0n) is 12.1. The predicted octanol–water partition coefficient (Wildman–Crippen LogP) is 5.19. The summed E-state index contributed by atoms with van der Waals surface area (Å²) in [6.07, 6.45) is 2.50. The van der Waals surface area contributed by atoms with E-state index >= 15 is 0 Å². The zero-order valence-corrected chi connectivity index (χ0v) is 15.3. The van der Waals surface area contributed by atoms with Crippen LogP contribution < -0.4 is 0 Å². The molecule has 1 saturated heterocycles. The lowest BCUT2D eigenvalue weighted by Crippen LogP contribution is -2.32. The van der Waals surface area contributed by atoms with Crippen molar-refractivity contribution in [2.75, 3.05) is 19.6 Å². The molecular weight excluding hydrogens is 368 g/mol. The molecule has 0 aliphatic carbocycles. The molecule has 1 fully saturated rings. The van der Waals surface area contributed by atoms with E-state index in [1.165, 1.54) is 43.0 Å². The van der Waals surface area contributed by atoms with Crippen LogP contribution in [0.25, 0.3) is 11.3 Å². The van der Waals surface area contributed by atoms with E-state index in [0.29, 0.717) is 5.92 Å². The Morgan fingerprint density at radius 3 is 2.76 bits per heavy atom. The molecule has 0 amide bonds.